The predicted molar refractivity (Wildman–Crippen MR) is 142 cm³/mol. The number of aromatic carboxylic acids is 2. The molecular formula is C31H24O8. The smallest absolute Gasteiger partial charge is 0.343 e. The zero-order valence-electron chi connectivity index (χ0n) is 21.1. The van der Waals surface area contributed by atoms with Gasteiger partial charge in [0.2, 0.25) is 0 Å². The minimum atomic E-state index is -1.09. The van der Waals surface area contributed by atoms with Gasteiger partial charge in [-0.1, -0.05) is 38.1 Å². The molecule has 0 fully saturated rings. The highest BCUT2D eigenvalue weighted by molar-refractivity contribution is 5.94. The molecule has 0 aliphatic heterocycles. The fraction of sp³-hybridized carbons (Fsp3) is 0.0968. The number of carbonyl (C=O) groups excluding carboxylic acids is 2. The Balaban J connectivity index is 1.50. The van der Waals surface area contributed by atoms with Gasteiger partial charge in [-0.2, -0.15) is 0 Å². The van der Waals surface area contributed by atoms with E-state index in [4.69, 9.17) is 19.7 Å². The average Bonchev–Trinajstić information content (AvgIpc) is 2.93. The van der Waals surface area contributed by atoms with Crippen LogP contribution in [0.25, 0.3) is 0 Å². The molecule has 0 saturated carbocycles. The van der Waals surface area contributed by atoms with E-state index in [0.29, 0.717) is 11.5 Å². The van der Waals surface area contributed by atoms with E-state index in [9.17, 15) is 19.2 Å². The number of hydrogen-bond donors (Lipinski definition) is 2. The normalized spacial score (nSPS) is 10.9. The monoisotopic (exact) mass is 524 g/mol. The van der Waals surface area contributed by atoms with Gasteiger partial charge in [-0.25, -0.2) is 19.2 Å². The van der Waals surface area contributed by atoms with Crippen molar-refractivity contribution in [2.45, 2.75) is 19.3 Å². The van der Waals surface area contributed by atoms with Crippen LogP contribution in [0.3, 0.4) is 0 Å². The molecule has 4 rings (SSSR count). The molecule has 4 aromatic rings. The van der Waals surface area contributed by atoms with Crippen molar-refractivity contribution < 1.29 is 38.9 Å². The lowest BCUT2D eigenvalue weighted by Gasteiger charge is -2.27. The van der Waals surface area contributed by atoms with Crippen LogP contribution in [0.1, 0.15) is 66.4 Å². The van der Waals surface area contributed by atoms with E-state index < -0.39 is 29.3 Å². The van der Waals surface area contributed by atoms with E-state index in [1.807, 2.05) is 26.0 Å². The van der Waals surface area contributed by atoms with Crippen LogP contribution in [0.2, 0.25) is 0 Å². The SMILES string of the molecule is CC(C)(c1cccc(OC(=O)c2ccc(C(=O)O)cc2)c1)c1cccc(OC(=O)c2ccc(C(=O)O)cc2)c1. The number of carboxylic acid groups (broad SMARTS) is 2. The van der Waals surface area contributed by atoms with Gasteiger partial charge in [-0.15, -0.1) is 0 Å². The third-order valence-corrected chi connectivity index (χ3v) is 6.27. The zero-order valence-corrected chi connectivity index (χ0v) is 21.1. The van der Waals surface area contributed by atoms with E-state index >= 15 is 0 Å². The standard InChI is InChI=1S/C31H24O8/c1-31(2,23-5-3-7-25(17-23)38-29(36)21-13-9-19(10-14-21)27(32)33)24-6-4-8-26(18-24)39-30(37)22-15-11-20(12-16-22)28(34)35/h3-18H,1-2H3,(H,32,33)(H,34,35). The molecule has 39 heavy (non-hydrogen) atoms. The Morgan fingerprint density at radius 3 is 1.21 bits per heavy atom. The molecule has 0 amide bonds. The molecule has 0 bridgehead atoms. The second kappa shape index (κ2) is 11.0. The summed E-state index contributed by atoms with van der Waals surface area (Å²) >= 11 is 0. The Hall–Kier alpha value is -5.24. The topological polar surface area (TPSA) is 127 Å². The first-order valence-corrected chi connectivity index (χ1v) is 11.9. The third kappa shape index (κ3) is 6.19. The van der Waals surface area contributed by atoms with Crippen molar-refractivity contribution in [1.29, 1.82) is 0 Å². The highest BCUT2D eigenvalue weighted by Crippen LogP contribution is 2.35. The molecule has 0 aromatic heterocycles. The maximum absolute atomic E-state index is 12.6. The molecule has 0 atom stereocenters. The van der Waals surface area contributed by atoms with Gasteiger partial charge in [-0.3, -0.25) is 0 Å². The average molecular weight is 525 g/mol. The molecule has 0 radical (unpaired) electrons. The first-order valence-electron chi connectivity index (χ1n) is 11.9. The second-order valence-electron chi connectivity index (χ2n) is 9.22. The van der Waals surface area contributed by atoms with Crippen LogP contribution in [0.15, 0.2) is 97.1 Å². The largest absolute Gasteiger partial charge is 0.478 e. The summed E-state index contributed by atoms with van der Waals surface area (Å²) in [6.07, 6.45) is 0. The van der Waals surface area contributed by atoms with Gasteiger partial charge in [-0.05, 0) is 83.9 Å². The van der Waals surface area contributed by atoms with Crippen LogP contribution in [0.4, 0.5) is 0 Å². The quantitative estimate of drug-likeness (QED) is 0.217. The van der Waals surface area contributed by atoms with Gasteiger partial charge in [0.05, 0.1) is 22.3 Å². The molecule has 0 spiro atoms. The Kier molecular flexibility index (Phi) is 7.58. The summed E-state index contributed by atoms with van der Waals surface area (Å²) in [7, 11) is 0. The molecule has 0 unspecified atom stereocenters. The molecule has 2 N–H and O–H groups in total. The maximum atomic E-state index is 12.6. The molecule has 196 valence electrons. The summed E-state index contributed by atoms with van der Waals surface area (Å²) < 4.78 is 11.1. The molecule has 0 saturated heterocycles. The zero-order chi connectivity index (χ0) is 28.2. The van der Waals surface area contributed by atoms with Gasteiger partial charge >= 0.3 is 23.9 Å². The summed E-state index contributed by atoms with van der Waals surface area (Å²) in [5.74, 6) is -2.77. The van der Waals surface area contributed by atoms with E-state index in [1.54, 1.807) is 36.4 Å². The molecule has 0 heterocycles. The summed E-state index contributed by atoms with van der Waals surface area (Å²) in [5, 5.41) is 18.1. The van der Waals surface area contributed by atoms with Crippen LogP contribution in [0.5, 0.6) is 11.5 Å². The highest BCUT2D eigenvalue weighted by Gasteiger charge is 2.25. The van der Waals surface area contributed by atoms with Crippen LogP contribution in [-0.4, -0.2) is 34.1 Å². The van der Waals surface area contributed by atoms with Crippen molar-refractivity contribution in [3.63, 3.8) is 0 Å². The number of rotatable bonds is 8. The van der Waals surface area contributed by atoms with Crippen molar-refractivity contribution in [2.24, 2.45) is 0 Å². The van der Waals surface area contributed by atoms with E-state index in [-0.39, 0.29) is 22.3 Å². The summed E-state index contributed by atoms with van der Waals surface area (Å²) in [5.41, 5.74) is 1.67. The van der Waals surface area contributed by atoms with Crippen molar-refractivity contribution in [3.05, 3.63) is 130 Å². The van der Waals surface area contributed by atoms with Crippen molar-refractivity contribution in [1.82, 2.24) is 0 Å². The lowest BCUT2D eigenvalue weighted by Crippen LogP contribution is -2.19. The van der Waals surface area contributed by atoms with E-state index in [0.717, 1.165) is 11.1 Å². The molecule has 8 heteroatoms. The summed E-state index contributed by atoms with van der Waals surface area (Å²) in [6, 6.07) is 25.0. The van der Waals surface area contributed by atoms with Gasteiger partial charge in [0.1, 0.15) is 11.5 Å². The van der Waals surface area contributed by atoms with Crippen molar-refractivity contribution >= 4 is 23.9 Å². The van der Waals surface area contributed by atoms with Crippen LogP contribution in [0, 0.1) is 0 Å². The molecule has 4 aromatic carbocycles. The fourth-order valence-electron chi connectivity index (χ4n) is 3.89. The maximum Gasteiger partial charge on any atom is 0.343 e. The van der Waals surface area contributed by atoms with Gasteiger partial charge in [0.25, 0.3) is 0 Å². The first kappa shape index (κ1) is 26.8. The lowest BCUT2D eigenvalue weighted by molar-refractivity contribution is 0.0685. The van der Waals surface area contributed by atoms with Gasteiger partial charge in [0, 0.05) is 5.41 Å². The Labute approximate surface area is 224 Å². The summed E-state index contributed by atoms with van der Waals surface area (Å²) in [4.78, 5) is 47.3. The first-order chi connectivity index (χ1) is 18.5. The van der Waals surface area contributed by atoms with Crippen LogP contribution in [-0.2, 0) is 5.41 Å². The highest BCUT2D eigenvalue weighted by atomic mass is 16.5. The summed E-state index contributed by atoms with van der Waals surface area (Å²) in [6.45, 7) is 3.95. The number of ether oxygens (including phenoxy) is 2. The van der Waals surface area contributed by atoms with Crippen LogP contribution < -0.4 is 9.47 Å². The second-order valence-corrected chi connectivity index (χ2v) is 9.22. The molecule has 0 aliphatic carbocycles. The number of hydrogen-bond acceptors (Lipinski definition) is 6. The molecule has 8 nitrogen and oxygen atoms in total. The molecular weight excluding hydrogens is 500 g/mol. The van der Waals surface area contributed by atoms with Gasteiger partial charge in [0.15, 0.2) is 0 Å². The molecule has 0 aliphatic rings. The van der Waals surface area contributed by atoms with Crippen LogP contribution >= 0.6 is 0 Å². The van der Waals surface area contributed by atoms with Gasteiger partial charge < -0.3 is 19.7 Å². The third-order valence-electron chi connectivity index (χ3n) is 6.27. The van der Waals surface area contributed by atoms with Crippen molar-refractivity contribution in [3.8, 4) is 11.5 Å². The van der Waals surface area contributed by atoms with E-state index in [1.165, 1.54) is 48.5 Å². The minimum absolute atomic E-state index is 0.0688. The number of esters is 2. The fourth-order valence-corrected chi connectivity index (χ4v) is 3.89. The number of carboxylic acids is 2. The number of carbonyl (C=O) groups is 4. The Morgan fingerprint density at radius 1 is 0.538 bits per heavy atom. The Morgan fingerprint density at radius 2 is 0.872 bits per heavy atom. The predicted octanol–water partition coefficient (Wildman–Crippen LogP) is 5.85. The number of benzene rings is 4. The van der Waals surface area contributed by atoms with E-state index in [2.05, 4.69) is 0 Å². The Bertz CT molecular complexity index is 1430. The van der Waals surface area contributed by atoms with Crippen molar-refractivity contribution in [2.75, 3.05) is 0 Å². The minimum Gasteiger partial charge on any atom is -0.478 e. The lowest BCUT2D eigenvalue weighted by atomic mass is 9.78.